The lowest BCUT2D eigenvalue weighted by Crippen LogP contribution is -2.34. The Morgan fingerprint density at radius 1 is 0.931 bits per heavy atom. The number of amides is 2. The van der Waals surface area contributed by atoms with Crippen molar-refractivity contribution >= 4 is 29.0 Å². The minimum Gasteiger partial charge on any atom is -0.494 e. The summed E-state index contributed by atoms with van der Waals surface area (Å²) in [6.07, 6.45) is 2.05. The van der Waals surface area contributed by atoms with E-state index in [1.807, 2.05) is 48.2 Å². The molecule has 2 aromatic rings. The zero-order valence-corrected chi connectivity index (χ0v) is 17.1. The number of imide groups is 1. The Morgan fingerprint density at radius 3 is 2.21 bits per heavy atom. The first kappa shape index (κ1) is 19.5. The summed E-state index contributed by atoms with van der Waals surface area (Å²) in [5, 5.41) is 0.624. The third-order valence-corrected chi connectivity index (χ3v) is 5.53. The van der Waals surface area contributed by atoms with E-state index in [0.717, 1.165) is 42.8 Å². The summed E-state index contributed by atoms with van der Waals surface area (Å²) in [6, 6.07) is 14.6. The highest BCUT2D eigenvalue weighted by Gasteiger charge is 2.42. The van der Waals surface area contributed by atoms with Gasteiger partial charge < -0.3 is 9.64 Å². The predicted octanol–water partition coefficient (Wildman–Crippen LogP) is 4.11. The number of ether oxygens (including phenoxy) is 1. The average Bonchev–Trinajstić information content (AvgIpc) is 3.33. The highest BCUT2D eigenvalue weighted by Crippen LogP contribution is 2.34. The minimum atomic E-state index is -0.254. The zero-order valence-electron chi connectivity index (χ0n) is 16.4. The summed E-state index contributed by atoms with van der Waals surface area (Å²) in [5.41, 5.74) is 2.61. The number of benzene rings is 2. The maximum Gasteiger partial charge on any atom is 0.278 e. The summed E-state index contributed by atoms with van der Waals surface area (Å²) in [5.74, 6) is 0.265. The monoisotopic (exact) mass is 410 g/mol. The van der Waals surface area contributed by atoms with Crippen LogP contribution in [0.25, 0.3) is 5.57 Å². The van der Waals surface area contributed by atoms with Gasteiger partial charge in [0.1, 0.15) is 11.4 Å². The van der Waals surface area contributed by atoms with Crippen LogP contribution in [0.5, 0.6) is 5.75 Å². The normalized spacial score (nSPS) is 16.9. The zero-order chi connectivity index (χ0) is 20.4. The first-order valence-electron chi connectivity index (χ1n) is 9.91. The molecule has 4 rings (SSSR count). The molecule has 0 bridgehead atoms. The van der Waals surface area contributed by atoms with Gasteiger partial charge in [-0.25, -0.2) is 0 Å². The molecule has 1 fully saturated rings. The predicted molar refractivity (Wildman–Crippen MR) is 112 cm³/mol. The van der Waals surface area contributed by atoms with Crippen LogP contribution in [-0.2, 0) is 16.1 Å². The highest BCUT2D eigenvalue weighted by molar-refractivity contribution is 6.35. The Kier molecular flexibility index (Phi) is 5.58. The van der Waals surface area contributed by atoms with Crippen molar-refractivity contribution in [2.24, 2.45) is 0 Å². The maximum atomic E-state index is 13.3. The standard InChI is InChI=1S/C23H23ClN2O3/c1-2-29-19-11-7-17(8-12-19)20-21(25-13-3-4-14-25)23(28)26(22(20)27)15-16-5-9-18(24)10-6-16/h5-12H,2-4,13-15H2,1H3. The summed E-state index contributed by atoms with van der Waals surface area (Å²) < 4.78 is 5.51. The lowest BCUT2D eigenvalue weighted by atomic mass is 10.0. The quantitative estimate of drug-likeness (QED) is 0.672. The van der Waals surface area contributed by atoms with E-state index in [2.05, 4.69) is 0 Å². The maximum absolute atomic E-state index is 13.3. The van der Waals surface area contributed by atoms with Gasteiger partial charge in [0.15, 0.2) is 0 Å². The second-order valence-corrected chi connectivity index (χ2v) is 7.63. The smallest absolute Gasteiger partial charge is 0.278 e. The van der Waals surface area contributed by atoms with Crippen LogP contribution in [0.15, 0.2) is 54.2 Å². The molecule has 29 heavy (non-hydrogen) atoms. The molecule has 2 amide bonds. The number of halogens is 1. The lowest BCUT2D eigenvalue weighted by Gasteiger charge is -2.20. The van der Waals surface area contributed by atoms with E-state index < -0.39 is 0 Å². The van der Waals surface area contributed by atoms with Crippen molar-refractivity contribution in [2.75, 3.05) is 19.7 Å². The first-order chi connectivity index (χ1) is 14.1. The van der Waals surface area contributed by atoms with Crippen LogP contribution in [0, 0.1) is 0 Å². The second-order valence-electron chi connectivity index (χ2n) is 7.20. The highest BCUT2D eigenvalue weighted by atomic mass is 35.5. The molecular formula is C23H23ClN2O3. The molecule has 2 aliphatic rings. The number of hydrogen-bond donors (Lipinski definition) is 0. The fraction of sp³-hybridized carbons (Fsp3) is 0.304. The molecule has 5 nitrogen and oxygen atoms in total. The molecule has 6 heteroatoms. The van der Waals surface area contributed by atoms with E-state index >= 15 is 0 Å². The van der Waals surface area contributed by atoms with Gasteiger partial charge in [0.25, 0.3) is 11.8 Å². The third kappa shape index (κ3) is 3.87. The molecule has 0 aromatic heterocycles. The lowest BCUT2D eigenvalue weighted by molar-refractivity contribution is -0.138. The van der Waals surface area contributed by atoms with Crippen molar-refractivity contribution < 1.29 is 14.3 Å². The number of likely N-dealkylation sites (tertiary alicyclic amines) is 1. The molecule has 0 saturated carbocycles. The fourth-order valence-electron chi connectivity index (χ4n) is 3.86. The molecule has 150 valence electrons. The molecule has 0 radical (unpaired) electrons. The summed E-state index contributed by atoms with van der Waals surface area (Å²) in [4.78, 5) is 30.0. The van der Waals surface area contributed by atoms with Crippen LogP contribution in [0.1, 0.15) is 30.9 Å². The molecule has 2 heterocycles. The van der Waals surface area contributed by atoms with Crippen LogP contribution in [-0.4, -0.2) is 41.3 Å². The number of hydrogen-bond acceptors (Lipinski definition) is 4. The number of carbonyl (C=O) groups is 2. The van der Waals surface area contributed by atoms with Crippen molar-refractivity contribution in [2.45, 2.75) is 26.3 Å². The van der Waals surface area contributed by atoms with E-state index in [9.17, 15) is 9.59 Å². The van der Waals surface area contributed by atoms with E-state index in [1.165, 1.54) is 4.90 Å². The average molecular weight is 411 g/mol. The van der Waals surface area contributed by atoms with Crippen molar-refractivity contribution in [3.05, 3.63) is 70.4 Å². The molecule has 0 spiro atoms. The Morgan fingerprint density at radius 2 is 1.59 bits per heavy atom. The molecule has 2 aromatic carbocycles. The summed E-state index contributed by atoms with van der Waals surface area (Å²) in [6.45, 7) is 4.32. The van der Waals surface area contributed by atoms with Crippen molar-refractivity contribution in [1.29, 1.82) is 0 Å². The first-order valence-corrected chi connectivity index (χ1v) is 10.3. The molecule has 2 aliphatic heterocycles. The van der Waals surface area contributed by atoms with Crippen LogP contribution in [0.3, 0.4) is 0 Å². The topological polar surface area (TPSA) is 49.9 Å². The van der Waals surface area contributed by atoms with Gasteiger partial charge in [-0.3, -0.25) is 14.5 Å². The van der Waals surface area contributed by atoms with Gasteiger partial charge in [-0.2, -0.15) is 0 Å². The Labute approximate surface area is 175 Å². The largest absolute Gasteiger partial charge is 0.494 e. The van der Waals surface area contributed by atoms with E-state index in [-0.39, 0.29) is 18.4 Å². The second kappa shape index (κ2) is 8.29. The Hall–Kier alpha value is -2.79. The molecule has 0 unspecified atom stereocenters. The van der Waals surface area contributed by atoms with Crippen LogP contribution in [0.4, 0.5) is 0 Å². The van der Waals surface area contributed by atoms with Gasteiger partial charge in [-0.1, -0.05) is 35.9 Å². The molecule has 0 aliphatic carbocycles. The number of carbonyl (C=O) groups excluding carboxylic acids is 2. The Balaban J connectivity index is 1.69. The molecule has 0 atom stereocenters. The van der Waals surface area contributed by atoms with Crippen molar-refractivity contribution in [3.8, 4) is 5.75 Å². The van der Waals surface area contributed by atoms with E-state index in [0.29, 0.717) is 22.9 Å². The third-order valence-electron chi connectivity index (χ3n) is 5.27. The summed E-state index contributed by atoms with van der Waals surface area (Å²) >= 11 is 5.96. The van der Waals surface area contributed by atoms with Crippen molar-refractivity contribution in [3.63, 3.8) is 0 Å². The van der Waals surface area contributed by atoms with Crippen molar-refractivity contribution in [1.82, 2.24) is 9.80 Å². The van der Waals surface area contributed by atoms with E-state index in [4.69, 9.17) is 16.3 Å². The SMILES string of the molecule is CCOc1ccc(C2=C(N3CCCC3)C(=O)N(Cc3ccc(Cl)cc3)C2=O)cc1. The molecule has 0 N–H and O–H groups in total. The van der Waals surface area contributed by atoms with Crippen LogP contribution < -0.4 is 4.74 Å². The Bertz CT molecular complexity index is 945. The van der Waals surface area contributed by atoms with Gasteiger partial charge in [0, 0.05) is 18.1 Å². The van der Waals surface area contributed by atoms with Gasteiger partial charge in [-0.15, -0.1) is 0 Å². The van der Waals surface area contributed by atoms with Gasteiger partial charge >= 0.3 is 0 Å². The number of rotatable bonds is 6. The fourth-order valence-corrected chi connectivity index (χ4v) is 3.98. The van der Waals surface area contributed by atoms with Crippen LogP contribution >= 0.6 is 11.6 Å². The molecular weight excluding hydrogens is 388 g/mol. The molecule has 1 saturated heterocycles. The van der Waals surface area contributed by atoms with Crippen LogP contribution in [0.2, 0.25) is 5.02 Å². The number of nitrogens with zero attached hydrogens (tertiary/aromatic N) is 2. The van der Waals surface area contributed by atoms with Gasteiger partial charge in [0.05, 0.1) is 18.7 Å². The van der Waals surface area contributed by atoms with E-state index in [1.54, 1.807) is 12.1 Å². The minimum absolute atomic E-state index is 0.226. The summed E-state index contributed by atoms with van der Waals surface area (Å²) in [7, 11) is 0. The van der Waals surface area contributed by atoms with Gasteiger partial charge in [0.2, 0.25) is 0 Å². The van der Waals surface area contributed by atoms with Gasteiger partial charge in [-0.05, 0) is 55.2 Å².